The van der Waals surface area contributed by atoms with Gasteiger partial charge in [-0.05, 0) is 57.1 Å². The van der Waals surface area contributed by atoms with Gasteiger partial charge in [-0.1, -0.05) is 24.6 Å². The number of aromatic nitrogens is 1. The zero-order valence-electron chi connectivity index (χ0n) is 16.8. The maximum absolute atomic E-state index is 12.8. The lowest BCUT2D eigenvalue weighted by Crippen LogP contribution is -2.41. The Bertz CT molecular complexity index is 991. The van der Waals surface area contributed by atoms with E-state index in [0.29, 0.717) is 41.9 Å². The number of benzene rings is 1. The molecule has 0 unspecified atom stereocenters. The minimum absolute atomic E-state index is 0.0449. The van der Waals surface area contributed by atoms with Gasteiger partial charge < -0.3 is 5.32 Å². The van der Waals surface area contributed by atoms with E-state index in [2.05, 4.69) is 17.2 Å². The van der Waals surface area contributed by atoms with Crippen LogP contribution in [0.5, 0.6) is 0 Å². The number of fused-ring (bicyclic) bond motifs is 1. The third-order valence-corrected chi connectivity index (χ3v) is 8.85. The van der Waals surface area contributed by atoms with E-state index in [9.17, 15) is 13.2 Å². The van der Waals surface area contributed by atoms with Crippen LogP contribution in [0.1, 0.15) is 42.3 Å². The predicted octanol–water partition coefficient (Wildman–Crippen LogP) is 3.62. The van der Waals surface area contributed by atoms with Gasteiger partial charge in [0.15, 0.2) is 5.13 Å². The number of nitrogens with one attached hydrogen (secondary N) is 1. The molecule has 1 saturated heterocycles. The highest BCUT2D eigenvalue weighted by molar-refractivity contribution is 7.89. The van der Waals surface area contributed by atoms with Gasteiger partial charge in [0.1, 0.15) is 0 Å². The van der Waals surface area contributed by atoms with Gasteiger partial charge in [-0.3, -0.25) is 4.79 Å². The Kier molecular flexibility index (Phi) is 5.77. The molecule has 1 atom stereocenters. The molecule has 29 heavy (non-hydrogen) atoms. The summed E-state index contributed by atoms with van der Waals surface area (Å²) >= 11 is 1.59. The second kappa shape index (κ2) is 8.16. The molecule has 0 bridgehead atoms. The molecule has 0 radical (unpaired) electrons. The number of thiazole rings is 1. The summed E-state index contributed by atoms with van der Waals surface area (Å²) in [7, 11) is -3.50. The predicted molar refractivity (Wildman–Crippen MR) is 115 cm³/mol. The van der Waals surface area contributed by atoms with E-state index < -0.39 is 10.0 Å². The van der Waals surface area contributed by atoms with Gasteiger partial charge in [-0.25, -0.2) is 13.4 Å². The number of piperidine rings is 1. The first-order valence-corrected chi connectivity index (χ1v) is 12.4. The number of carbonyl (C=O) groups is 1. The van der Waals surface area contributed by atoms with Gasteiger partial charge in [0.2, 0.25) is 15.9 Å². The highest BCUT2D eigenvalue weighted by atomic mass is 32.2. The van der Waals surface area contributed by atoms with Crippen molar-refractivity contribution in [1.29, 1.82) is 0 Å². The van der Waals surface area contributed by atoms with Gasteiger partial charge in [0.05, 0.1) is 10.6 Å². The second-order valence-electron chi connectivity index (χ2n) is 8.22. The first-order valence-electron chi connectivity index (χ1n) is 10.2. The zero-order chi connectivity index (χ0) is 20.6. The average Bonchev–Trinajstić information content (AvgIpc) is 3.09. The van der Waals surface area contributed by atoms with Crippen LogP contribution in [0.4, 0.5) is 5.13 Å². The van der Waals surface area contributed by atoms with Crippen molar-refractivity contribution in [3.05, 3.63) is 40.4 Å². The summed E-state index contributed by atoms with van der Waals surface area (Å²) in [5.41, 5.74) is 2.15. The molecule has 8 heteroatoms. The van der Waals surface area contributed by atoms with Crippen LogP contribution in [-0.4, -0.2) is 36.7 Å². The van der Waals surface area contributed by atoms with Gasteiger partial charge in [0.25, 0.3) is 0 Å². The first kappa shape index (κ1) is 20.5. The molecule has 1 fully saturated rings. The van der Waals surface area contributed by atoms with E-state index in [1.54, 1.807) is 35.6 Å². The largest absolute Gasteiger partial charge is 0.302 e. The number of sulfonamides is 1. The fraction of sp³-hybridized carbons (Fsp3) is 0.524. The third-order valence-electron chi connectivity index (χ3n) is 5.90. The number of anilines is 1. The van der Waals surface area contributed by atoms with Gasteiger partial charge in [-0.2, -0.15) is 4.31 Å². The van der Waals surface area contributed by atoms with Crippen molar-refractivity contribution in [1.82, 2.24) is 9.29 Å². The Morgan fingerprint density at radius 3 is 2.55 bits per heavy atom. The van der Waals surface area contributed by atoms with Crippen molar-refractivity contribution in [2.45, 2.75) is 50.8 Å². The average molecular weight is 434 g/mol. The maximum atomic E-state index is 12.8. The Balaban J connectivity index is 1.36. The van der Waals surface area contributed by atoms with E-state index in [4.69, 9.17) is 0 Å². The number of nitrogens with zero attached hydrogens (tertiary/aromatic N) is 2. The minimum Gasteiger partial charge on any atom is -0.302 e. The summed E-state index contributed by atoms with van der Waals surface area (Å²) in [6.07, 6.45) is 4.23. The van der Waals surface area contributed by atoms with Crippen molar-refractivity contribution in [2.75, 3.05) is 18.4 Å². The Labute approximate surface area is 176 Å². The van der Waals surface area contributed by atoms with Crippen molar-refractivity contribution in [2.24, 2.45) is 11.8 Å². The fourth-order valence-electron chi connectivity index (χ4n) is 4.02. The van der Waals surface area contributed by atoms with Crippen molar-refractivity contribution in [3.63, 3.8) is 0 Å². The summed E-state index contributed by atoms with van der Waals surface area (Å²) in [6.45, 7) is 4.90. The van der Waals surface area contributed by atoms with Crippen LogP contribution in [0.15, 0.2) is 29.2 Å². The van der Waals surface area contributed by atoms with Crippen molar-refractivity contribution in [3.8, 4) is 0 Å². The van der Waals surface area contributed by atoms with Crippen LogP contribution < -0.4 is 5.32 Å². The normalized spacial score (nSPS) is 21.0. The summed E-state index contributed by atoms with van der Waals surface area (Å²) in [4.78, 5) is 18.9. The Morgan fingerprint density at radius 2 is 1.86 bits per heavy atom. The van der Waals surface area contributed by atoms with E-state index >= 15 is 0 Å². The molecule has 1 aromatic heterocycles. The minimum atomic E-state index is -3.50. The van der Waals surface area contributed by atoms with Crippen LogP contribution in [0.3, 0.4) is 0 Å². The van der Waals surface area contributed by atoms with Crippen LogP contribution in [0.2, 0.25) is 0 Å². The van der Waals surface area contributed by atoms with E-state index in [-0.39, 0.29) is 11.8 Å². The smallest absolute Gasteiger partial charge is 0.243 e. The molecule has 156 valence electrons. The molecule has 1 aliphatic heterocycles. The Hall–Kier alpha value is -1.77. The number of amides is 1. The number of rotatable bonds is 4. The van der Waals surface area contributed by atoms with E-state index in [1.165, 1.54) is 9.18 Å². The molecule has 2 heterocycles. The molecule has 4 rings (SSSR count). The lowest BCUT2D eigenvalue weighted by Gasteiger charge is -2.30. The quantitative estimate of drug-likeness (QED) is 0.799. The molecule has 1 aromatic carbocycles. The molecule has 0 saturated carbocycles. The summed E-state index contributed by atoms with van der Waals surface area (Å²) in [6, 6.07) is 6.91. The first-order chi connectivity index (χ1) is 13.8. The molecule has 0 spiro atoms. The number of hydrogen-bond donors (Lipinski definition) is 1. The Morgan fingerprint density at radius 1 is 1.17 bits per heavy atom. The van der Waals surface area contributed by atoms with Gasteiger partial charge in [-0.15, -0.1) is 11.3 Å². The number of aryl methyl sites for hydroxylation is 2. The highest BCUT2D eigenvalue weighted by Crippen LogP contribution is 2.33. The molecular formula is C21H27N3O3S2. The summed E-state index contributed by atoms with van der Waals surface area (Å²) in [5.74, 6) is 0.446. The lowest BCUT2D eigenvalue weighted by atomic mass is 9.93. The van der Waals surface area contributed by atoms with Crippen LogP contribution in [0, 0.1) is 18.8 Å². The molecule has 1 amide bonds. The SMILES string of the molecule is Cc1ccc(S(=O)(=O)N2CCC(C(=O)Nc3nc4c(s3)C[C@H](C)CC4)CC2)cc1. The topological polar surface area (TPSA) is 79.4 Å². The molecule has 2 aliphatic rings. The molecule has 2 aromatic rings. The van der Waals surface area contributed by atoms with E-state index in [0.717, 1.165) is 30.5 Å². The fourth-order valence-corrected chi connectivity index (χ4v) is 6.66. The van der Waals surface area contributed by atoms with Gasteiger partial charge >= 0.3 is 0 Å². The monoisotopic (exact) mass is 433 g/mol. The van der Waals surface area contributed by atoms with Crippen LogP contribution >= 0.6 is 11.3 Å². The standard InChI is InChI=1S/C21H27N3O3S2/c1-14-3-6-17(7-4-14)29(26,27)24-11-9-16(10-12-24)20(25)23-21-22-18-8-5-15(2)13-19(18)28-21/h3-4,6-7,15-16H,5,8-13H2,1-2H3,(H,22,23,25)/t15-/m1/s1. The van der Waals surface area contributed by atoms with Gasteiger partial charge in [0, 0.05) is 23.9 Å². The molecule has 1 N–H and O–H groups in total. The zero-order valence-corrected chi connectivity index (χ0v) is 18.5. The van der Waals surface area contributed by atoms with Crippen LogP contribution in [-0.2, 0) is 27.7 Å². The van der Waals surface area contributed by atoms with Crippen molar-refractivity contribution >= 4 is 32.4 Å². The lowest BCUT2D eigenvalue weighted by molar-refractivity contribution is -0.120. The maximum Gasteiger partial charge on any atom is 0.243 e. The second-order valence-corrected chi connectivity index (χ2v) is 11.2. The number of hydrogen-bond acceptors (Lipinski definition) is 5. The third kappa shape index (κ3) is 4.39. The molecule has 1 aliphatic carbocycles. The number of carbonyl (C=O) groups excluding carboxylic acids is 1. The summed E-state index contributed by atoms with van der Waals surface area (Å²) < 4.78 is 27.1. The summed E-state index contributed by atoms with van der Waals surface area (Å²) in [5, 5.41) is 3.66. The molecule has 6 nitrogen and oxygen atoms in total. The van der Waals surface area contributed by atoms with Crippen molar-refractivity contribution < 1.29 is 13.2 Å². The van der Waals surface area contributed by atoms with Crippen LogP contribution in [0.25, 0.3) is 0 Å². The highest BCUT2D eigenvalue weighted by Gasteiger charge is 2.32. The molecular weight excluding hydrogens is 406 g/mol. The van der Waals surface area contributed by atoms with E-state index in [1.807, 2.05) is 6.92 Å².